The maximum Gasteiger partial charge on any atom is 0.319 e. The number of amides is 3. The summed E-state index contributed by atoms with van der Waals surface area (Å²) < 4.78 is 28.9. The molecule has 3 amide bonds. The van der Waals surface area contributed by atoms with Crippen LogP contribution in [0.25, 0.3) is 0 Å². The molecule has 0 radical (unpaired) electrons. The van der Waals surface area contributed by atoms with Crippen LogP contribution >= 0.6 is 0 Å². The Hall–Kier alpha value is -3.49. The number of urea groups is 1. The molecule has 30 heavy (non-hydrogen) atoms. The third-order valence-electron chi connectivity index (χ3n) is 4.82. The van der Waals surface area contributed by atoms with Crippen molar-refractivity contribution in [2.24, 2.45) is 5.92 Å². The fraction of sp³-hybridized carbons (Fsp3) is 0.333. The van der Waals surface area contributed by atoms with Crippen molar-refractivity contribution in [3.05, 3.63) is 42.2 Å². The second-order valence-electron chi connectivity index (χ2n) is 6.80. The van der Waals surface area contributed by atoms with Gasteiger partial charge in [0.2, 0.25) is 11.7 Å². The molecule has 1 unspecified atom stereocenters. The number of anilines is 2. The van der Waals surface area contributed by atoms with Gasteiger partial charge in [0.15, 0.2) is 11.5 Å². The van der Waals surface area contributed by atoms with E-state index in [0.29, 0.717) is 48.1 Å². The van der Waals surface area contributed by atoms with Gasteiger partial charge in [0.1, 0.15) is 5.82 Å². The van der Waals surface area contributed by atoms with E-state index in [1.807, 2.05) is 0 Å². The van der Waals surface area contributed by atoms with Gasteiger partial charge in [0.05, 0.1) is 27.0 Å². The van der Waals surface area contributed by atoms with Crippen LogP contribution in [-0.2, 0) is 4.79 Å². The van der Waals surface area contributed by atoms with E-state index in [0.717, 1.165) is 0 Å². The predicted molar refractivity (Wildman–Crippen MR) is 110 cm³/mol. The topological polar surface area (TPSA) is 89.1 Å². The highest BCUT2D eigenvalue weighted by molar-refractivity contribution is 5.96. The standard InChI is InChI=1S/C21H24FN3O5/c1-28-17-9-15(10-18(29-2)20(17)30-3)24-21(27)23-11-13-8-19(26)25(12-13)16-6-4-14(22)5-7-16/h4-7,9-10,13H,8,11-12H2,1-3H3,(H2,23,24,27). The summed E-state index contributed by atoms with van der Waals surface area (Å²) in [6, 6.07) is 8.60. The lowest BCUT2D eigenvalue weighted by atomic mass is 10.1. The number of hydrogen-bond donors (Lipinski definition) is 2. The number of benzene rings is 2. The summed E-state index contributed by atoms with van der Waals surface area (Å²) in [6.07, 6.45) is 0.307. The van der Waals surface area contributed by atoms with Crippen LogP contribution in [-0.4, -0.2) is 46.4 Å². The number of rotatable bonds is 7. The Balaban J connectivity index is 1.57. The Morgan fingerprint density at radius 2 is 1.73 bits per heavy atom. The first-order valence-corrected chi connectivity index (χ1v) is 9.36. The summed E-state index contributed by atoms with van der Waals surface area (Å²) in [5.74, 6) is 0.807. The largest absolute Gasteiger partial charge is 0.493 e. The van der Waals surface area contributed by atoms with Crippen LogP contribution in [0.4, 0.5) is 20.6 Å². The molecule has 0 spiro atoms. The fourth-order valence-electron chi connectivity index (χ4n) is 3.35. The van der Waals surface area contributed by atoms with Crippen molar-refractivity contribution >= 4 is 23.3 Å². The van der Waals surface area contributed by atoms with Crippen molar-refractivity contribution in [2.75, 3.05) is 44.6 Å². The zero-order chi connectivity index (χ0) is 21.7. The Morgan fingerprint density at radius 1 is 1.10 bits per heavy atom. The van der Waals surface area contributed by atoms with Crippen LogP contribution in [0.5, 0.6) is 17.2 Å². The van der Waals surface area contributed by atoms with Crippen LogP contribution in [0.15, 0.2) is 36.4 Å². The summed E-state index contributed by atoms with van der Waals surface area (Å²) in [7, 11) is 4.48. The molecule has 8 nitrogen and oxygen atoms in total. The summed E-state index contributed by atoms with van der Waals surface area (Å²) in [5, 5.41) is 5.50. The predicted octanol–water partition coefficient (Wildman–Crippen LogP) is 3.03. The van der Waals surface area contributed by atoms with Crippen LogP contribution < -0.4 is 29.7 Å². The van der Waals surface area contributed by atoms with Gasteiger partial charge in [-0.3, -0.25) is 4.79 Å². The number of halogens is 1. The van der Waals surface area contributed by atoms with E-state index < -0.39 is 6.03 Å². The normalized spacial score (nSPS) is 15.7. The quantitative estimate of drug-likeness (QED) is 0.723. The lowest BCUT2D eigenvalue weighted by molar-refractivity contribution is -0.117. The van der Waals surface area contributed by atoms with Crippen molar-refractivity contribution in [1.29, 1.82) is 0 Å². The number of hydrogen-bond acceptors (Lipinski definition) is 5. The highest BCUT2D eigenvalue weighted by Gasteiger charge is 2.30. The molecule has 2 aromatic rings. The first-order chi connectivity index (χ1) is 14.4. The van der Waals surface area contributed by atoms with E-state index in [9.17, 15) is 14.0 Å². The van der Waals surface area contributed by atoms with E-state index in [1.54, 1.807) is 29.2 Å². The van der Waals surface area contributed by atoms with Gasteiger partial charge in [0.25, 0.3) is 0 Å². The van der Waals surface area contributed by atoms with Gasteiger partial charge >= 0.3 is 6.03 Å². The number of nitrogens with one attached hydrogen (secondary N) is 2. The Kier molecular flexibility index (Phi) is 6.61. The molecule has 1 saturated heterocycles. The molecule has 1 aliphatic heterocycles. The van der Waals surface area contributed by atoms with Crippen molar-refractivity contribution in [2.45, 2.75) is 6.42 Å². The minimum atomic E-state index is -0.419. The molecule has 0 aromatic heterocycles. The molecule has 1 heterocycles. The summed E-state index contributed by atoms with van der Waals surface area (Å²) in [4.78, 5) is 26.2. The molecule has 0 bridgehead atoms. The minimum absolute atomic E-state index is 0.0479. The molecular weight excluding hydrogens is 393 g/mol. The monoisotopic (exact) mass is 417 g/mol. The molecule has 2 aromatic carbocycles. The smallest absolute Gasteiger partial charge is 0.319 e. The lowest BCUT2D eigenvalue weighted by Gasteiger charge is -2.17. The maximum absolute atomic E-state index is 13.1. The average Bonchev–Trinajstić information content (AvgIpc) is 3.12. The average molecular weight is 417 g/mol. The van der Waals surface area contributed by atoms with Gasteiger partial charge in [-0.1, -0.05) is 0 Å². The van der Waals surface area contributed by atoms with Gasteiger partial charge in [-0.15, -0.1) is 0 Å². The highest BCUT2D eigenvalue weighted by atomic mass is 19.1. The van der Waals surface area contributed by atoms with E-state index >= 15 is 0 Å². The van der Waals surface area contributed by atoms with E-state index in [-0.39, 0.29) is 17.6 Å². The zero-order valence-corrected chi connectivity index (χ0v) is 17.0. The van der Waals surface area contributed by atoms with E-state index in [4.69, 9.17) is 14.2 Å². The fourth-order valence-corrected chi connectivity index (χ4v) is 3.35. The summed E-state index contributed by atoms with van der Waals surface area (Å²) in [5.41, 5.74) is 1.11. The number of carbonyl (C=O) groups excluding carboxylic acids is 2. The number of methoxy groups -OCH3 is 3. The van der Waals surface area contributed by atoms with Crippen LogP contribution in [0.1, 0.15) is 6.42 Å². The van der Waals surface area contributed by atoms with Crippen LogP contribution in [0, 0.1) is 11.7 Å². The van der Waals surface area contributed by atoms with Crippen LogP contribution in [0.2, 0.25) is 0 Å². The summed E-state index contributed by atoms with van der Waals surface area (Å²) >= 11 is 0. The SMILES string of the molecule is COc1cc(NC(=O)NCC2CC(=O)N(c3ccc(F)cc3)C2)cc(OC)c1OC. The van der Waals surface area contributed by atoms with Crippen molar-refractivity contribution in [1.82, 2.24) is 5.32 Å². The van der Waals surface area contributed by atoms with E-state index in [1.165, 1.54) is 33.5 Å². The Labute approximate surface area is 173 Å². The Bertz CT molecular complexity index is 894. The molecule has 9 heteroatoms. The second-order valence-corrected chi connectivity index (χ2v) is 6.80. The zero-order valence-electron chi connectivity index (χ0n) is 17.0. The third kappa shape index (κ3) is 4.73. The van der Waals surface area contributed by atoms with Crippen molar-refractivity contribution < 1.29 is 28.2 Å². The lowest BCUT2D eigenvalue weighted by Crippen LogP contribution is -2.34. The molecule has 160 valence electrons. The first-order valence-electron chi connectivity index (χ1n) is 9.36. The number of nitrogens with zero attached hydrogens (tertiary/aromatic N) is 1. The van der Waals surface area contributed by atoms with Crippen LogP contribution in [0.3, 0.4) is 0 Å². The minimum Gasteiger partial charge on any atom is -0.493 e. The Morgan fingerprint density at radius 3 is 2.30 bits per heavy atom. The number of carbonyl (C=O) groups is 2. The second kappa shape index (κ2) is 9.34. The maximum atomic E-state index is 13.1. The molecular formula is C21H24FN3O5. The molecule has 1 atom stereocenters. The molecule has 2 N–H and O–H groups in total. The third-order valence-corrected chi connectivity index (χ3v) is 4.82. The van der Waals surface area contributed by atoms with Gasteiger partial charge in [-0.25, -0.2) is 9.18 Å². The molecule has 0 saturated carbocycles. The van der Waals surface area contributed by atoms with Crippen molar-refractivity contribution in [3.8, 4) is 17.2 Å². The molecule has 1 fully saturated rings. The van der Waals surface area contributed by atoms with E-state index in [2.05, 4.69) is 10.6 Å². The van der Waals surface area contributed by atoms with Gasteiger partial charge < -0.3 is 29.7 Å². The van der Waals surface area contributed by atoms with Gasteiger partial charge in [0, 0.05) is 43.2 Å². The molecule has 1 aliphatic rings. The highest BCUT2D eigenvalue weighted by Crippen LogP contribution is 2.39. The summed E-state index contributed by atoms with van der Waals surface area (Å²) in [6.45, 7) is 0.772. The van der Waals surface area contributed by atoms with Gasteiger partial charge in [-0.05, 0) is 24.3 Å². The van der Waals surface area contributed by atoms with Crippen molar-refractivity contribution in [3.63, 3.8) is 0 Å². The van der Waals surface area contributed by atoms with Gasteiger partial charge in [-0.2, -0.15) is 0 Å². The molecule has 0 aliphatic carbocycles. The molecule has 3 rings (SSSR count). The first kappa shape index (κ1) is 21.2. The number of ether oxygens (including phenoxy) is 3.